The Morgan fingerprint density at radius 2 is 1.70 bits per heavy atom. The van der Waals surface area contributed by atoms with Crippen LogP contribution in [0.4, 0.5) is 19.1 Å². The van der Waals surface area contributed by atoms with Crippen LogP contribution in [0.2, 0.25) is 0 Å². The topological polar surface area (TPSA) is 128 Å². The first-order chi connectivity index (χ1) is 21.7. The Morgan fingerprint density at radius 1 is 1.02 bits per heavy atom. The van der Waals surface area contributed by atoms with E-state index in [1.807, 2.05) is 32.0 Å². The Hall–Kier alpha value is -3.71. The third kappa shape index (κ3) is 5.40. The van der Waals surface area contributed by atoms with Gasteiger partial charge in [-0.1, -0.05) is 24.3 Å². The zero-order valence-electron chi connectivity index (χ0n) is 25.6. The highest BCUT2D eigenvalue weighted by atomic mass is 32.2. The number of carbonyl (C=O) groups is 1. The van der Waals surface area contributed by atoms with Gasteiger partial charge in [-0.15, -0.1) is 0 Å². The first-order valence-corrected chi connectivity index (χ1v) is 17.0. The highest BCUT2D eigenvalue weighted by Gasteiger charge is 2.64. The maximum absolute atomic E-state index is 14.4. The molecule has 1 spiro atoms. The van der Waals surface area contributed by atoms with Gasteiger partial charge in [0.2, 0.25) is 11.8 Å². The summed E-state index contributed by atoms with van der Waals surface area (Å²) in [5, 5.41) is 0. The quantitative estimate of drug-likeness (QED) is 0.366. The number of fused-ring (bicyclic) bond motifs is 4. The van der Waals surface area contributed by atoms with Gasteiger partial charge in [-0.3, -0.25) is 4.79 Å². The standard InChI is InChI=1S/C33H36F3N5O4S/c1-19-5-3-6-20(2)28(19)26-12-27-39-30(38-26)40-46(43,44)25-8-4-7-21(11-25)29(42)41(23-15-31(16-23)13-22(37)14-31)24(18-45-27)17-32(9-10-32)33(34,35)36/h3-8,11-12,22-24H,9-10,13-18,37H2,1-2H3,(H,38,39,40)/t22-,23-,24-,31?/m1/s1. The van der Waals surface area contributed by atoms with E-state index < -0.39 is 33.6 Å². The molecule has 2 heterocycles. The van der Waals surface area contributed by atoms with E-state index in [4.69, 9.17) is 10.5 Å². The number of anilines is 1. The summed E-state index contributed by atoms with van der Waals surface area (Å²) in [6.45, 7) is 3.53. The summed E-state index contributed by atoms with van der Waals surface area (Å²) in [6, 6.07) is 11.6. The van der Waals surface area contributed by atoms with Crippen molar-refractivity contribution in [1.82, 2.24) is 14.9 Å². The van der Waals surface area contributed by atoms with Crippen LogP contribution in [0, 0.1) is 24.7 Å². The molecule has 2 aromatic carbocycles. The third-order valence-electron chi connectivity index (χ3n) is 10.3. The molecule has 1 amide bonds. The van der Waals surface area contributed by atoms with Crippen molar-refractivity contribution in [1.29, 1.82) is 0 Å². The van der Waals surface area contributed by atoms with Crippen molar-refractivity contribution >= 4 is 21.9 Å². The Labute approximate surface area is 265 Å². The van der Waals surface area contributed by atoms with Crippen LogP contribution in [-0.2, 0) is 10.0 Å². The number of rotatable bonds is 4. The Balaban J connectivity index is 1.35. The first kappa shape index (κ1) is 30.9. The summed E-state index contributed by atoms with van der Waals surface area (Å²) < 4.78 is 78.9. The zero-order valence-corrected chi connectivity index (χ0v) is 26.4. The third-order valence-corrected chi connectivity index (χ3v) is 11.6. The number of sulfonamides is 1. The number of ether oxygens (including phenoxy) is 1. The number of nitrogens with one attached hydrogen (secondary N) is 1. The molecule has 3 saturated carbocycles. The van der Waals surface area contributed by atoms with Crippen molar-refractivity contribution in [3.63, 3.8) is 0 Å². The molecular weight excluding hydrogens is 619 g/mol. The molecule has 0 unspecified atom stereocenters. The molecule has 0 radical (unpaired) electrons. The Morgan fingerprint density at radius 3 is 2.33 bits per heavy atom. The number of hydrogen-bond acceptors (Lipinski definition) is 7. The monoisotopic (exact) mass is 655 g/mol. The Kier molecular flexibility index (Phi) is 7.17. The van der Waals surface area contributed by atoms with Crippen LogP contribution in [-0.4, -0.2) is 60.1 Å². The van der Waals surface area contributed by atoms with E-state index in [0.29, 0.717) is 18.5 Å². The number of nitrogens with two attached hydrogens (primary N) is 1. The predicted molar refractivity (Wildman–Crippen MR) is 165 cm³/mol. The smallest absolute Gasteiger partial charge is 0.394 e. The molecule has 9 nitrogen and oxygen atoms in total. The number of hydrogen-bond donors (Lipinski definition) is 2. The molecule has 3 aromatic rings. The van der Waals surface area contributed by atoms with Gasteiger partial charge in [-0.25, -0.2) is 18.1 Å². The summed E-state index contributed by atoms with van der Waals surface area (Å²) in [5.74, 6) is -0.795. The molecule has 1 atom stereocenters. The summed E-state index contributed by atoms with van der Waals surface area (Å²) in [6.07, 6.45) is -1.96. The number of nitrogens with zero attached hydrogens (tertiary/aromatic N) is 3. The first-order valence-electron chi connectivity index (χ1n) is 15.5. The predicted octanol–water partition coefficient (Wildman–Crippen LogP) is 5.77. The average Bonchev–Trinajstić information content (AvgIpc) is 3.74. The number of benzene rings is 2. The average molecular weight is 656 g/mol. The summed E-state index contributed by atoms with van der Waals surface area (Å²) in [4.78, 5) is 24.5. The number of aromatic nitrogens is 2. The van der Waals surface area contributed by atoms with Gasteiger partial charge in [-0.2, -0.15) is 18.2 Å². The van der Waals surface area contributed by atoms with E-state index in [2.05, 4.69) is 14.7 Å². The molecule has 7 rings (SSSR count). The van der Waals surface area contributed by atoms with Crippen molar-refractivity contribution < 1.29 is 31.1 Å². The molecule has 3 aliphatic carbocycles. The largest absolute Gasteiger partial charge is 0.475 e. The molecular formula is C33H36F3N5O4S. The lowest BCUT2D eigenvalue weighted by Gasteiger charge is -2.60. The maximum Gasteiger partial charge on any atom is 0.394 e. The lowest BCUT2D eigenvalue weighted by molar-refractivity contribution is -0.194. The van der Waals surface area contributed by atoms with Crippen LogP contribution >= 0.6 is 0 Å². The highest BCUT2D eigenvalue weighted by molar-refractivity contribution is 7.92. The maximum atomic E-state index is 14.4. The van der Waals surface area contributed by atoms with Gasteiger partial charge < -0.3 is 15.4 Å². The van der Waals surface area contributed by atoms with Crippen LogP contribution in [0.1, 0.15) is 66.4 Å². The summed E-state index contributed by atoms with van der Waals surface area (Å²) >= 11 is 0. The molecule has 3 N–H and O–H groups in total. The van der Waals surface area contributed by atoms with E-state index >= 15 is 0 Å². The molecule has 46 heavy (non-hydrogen) atoms. The second-order valence-electron chi connectivity index (χ2n) is 13.7. The van der Waals surface area contributed by atoms with E-state index in [-0.39, 0.29) is 65.7 Å². The van der Waals surface area contributed by atoms with Gasteiger partial charge in [0.15, 0.2) is 0 Å². The van der Waals surface area contributed by atoms with E-state index in [1.165, 1.54) is 29.2 Å². The van der Waals surface area contributed by atoms with E-state index in [1.54, 1.807) is 6.07 Å². The van der Waals surface area contributed by atoms with Crippen LogP contribution in [0.15, 0.2) is 53.4 Å². The number of halogens is 3. The summed E-state index contributed by atoms with van der Waals surface area (Å²) in [7, 11) is -4.27. The lowest BCUT2D eigenvalue weighted by atomic mass is 9.52. The van der Waals surface area contributed by atoms with Gasteiger partial charge in [0, 0.05) is 29.3 Å². The minimum Gasteiger partial charge on any atom is -0.475 e. The second kappa shape index (κ2) is 10.7. The normalized spacial score (nSPS) is 28.0. The van der Waals surface area contributed by atoms with Crippen molar-refractivity contribution in [2.75, 3.05) is 11.3 Å². The Bertz CT molecular complexity index is 1790. The highest BCUT2D eigenvalue weighted by Crippen LogP contribution is 2.62. The molecule has 1 aromatic heterocycles. The van der Waals surface area contributed by atoms with Crippen LogP contribution in [0.3, 0.4) is 0 Å². The van der Waals surface area contributed by atoms with E-state index in [0.717, 1.165) is 29.5 Å². The summed E-state index contributed by atoms with van der Waals surface area (Å²) in [5.41, 5.74) is 7.13. The van der Waals surface area contributed by atoms with E-state index in [9.17, 15) is 26.4 Å². The minimum absolute atomic E-state index is 0.0133. The molecule has 4 bridgehead atoms. The fourth-order valence-electron chi connectivity index (χ4n) is 7.79. The fraction of sp³-hybridized carbons (Fsp3) is 0.485. The van der Waals surface area contributed by atoms with Crippen molar-refractivity contribution in [3.8, 4) is 17.1 Å². The molecule has 0 saturated heterocycles. The fourth-order valence-corrected chi connectivity index (χ4v) is 8.78. The second-order valence-corrected chi connectivity index (χ2v) is 15.4. The molecule has 3 fully saturated rings. The van der Waals surface area contributed by atoms with Gasteiger partial charge in [0.25, 0.3) is 15.9 Å². The van der Waals surface area contributed by atoms with Crippen LogP contribution in [0.5, 0.6) is 5.88 Å². The molecule has 244 valence electrons. The van der Waals surface area contributed by atoms with Gasteiger partial charge in [0.05, 0.1) is 22.0 Å². The number of alkyl halides is 3. The number of aryl methyl sites for hydroxylation is 2. The molecule has 4 aliphatic rings. The molecule has 13 heteroatoms. The van der Waals surface area contributed by atoms with Gasteiger partial charge in [0.1, 0.15) is 6.61 Å². The van der Waals surface area contributed by atoms with Gasteiger partial charge in [-0.05, 0) is 93.5 Å². The number of carbonyl (C=O) groups excluding carboxylic acids is 1. The van der Waals surface area contributed by atoms with Crippen LogP contribution < -0.4 is 15.2 Å². The van der Waals surface area contributed by atoms with Crippen molar-refractivity contribution in [2.45, 2.75) is 88.0 Å². The SMILES string of the molecule is Cc1cccc(C)c1-c1cc2nc(n1)NS(=O)(=O)c1cccc(c1)C(=O)N([C@H]1CC3(C[C@@H](N)C3)C1)[C@H](CC1(C(F)(F)F)CC1)CO2. The minimum atomic E-state index is -4.44. The van der Waals surface area contributed by atoms with Crippen LogP contribution in [0.25, 0.3) is 11.3 Å². The molecule has 1 aliphatic heterocycles. The number of amides is 1. The zero-order chi connectivity index (χ0) is 32.6. The van der Waals surface area contributed by atoms with Crippen molar-refractivity contribution in [2.24, 2.45) is 16.6 Å². The lowest BCUT2D eigenvalue weighted by Crippen LogP contribution is -2.63. The van der Waals surface area contributed by atoms with Crippen molar-refractivity contribution in [3.05, 3.63) is 65.2 Å². The van der Waals surface area contributed by atoms with Gasteiger partial charge >= 0.3 is 6.18 Å².